The van der Waals surface area contributed by atoms with E-state index in [1.165, 1.54) is 12.1 Å². The molecule has 43 heavy (non-hydrogen) atoms. The summed E-state index contributed by atoms with van der Waals surface area (Å²) >= 11 is 0. The first kappa shape index (κ1) is 31.3. The van der Waals surface area contributed by atoms with E-state index in [1.807, 2.05) is 44.2 Å². The molecule has 0 aliphatic carbocycles. The van der Waals surface area contributed by atoms with E-state index in [0.717, 1.165) is 22.6 Å². The third kappa shape index (κ3) is 7.25. The predicted octanol–water partition coefficient (Wildman–Crippen LogP) is 7.23. The molecule has 0 bridgehead atoms. The van der Waals surface area contributed by atoms with Crippen molar-refractivity contribution in [2.45, 2.75) is 52.1 Å². The van der Waals surface area contributed by atoms with Crippen molar-refractivity contribution >= 4 is 24.0 Å². The summed E-state index contributed by atoms with van der Waals surface area (Å²) in [5, 5.41) is 2.71. The number of imide groups is 1. The number of hydrogen-bond donors (Lipinski definition) is 1. The van der Waals surface area contributed by atoms with Crippen LogP contribution in [0.4, 0.5) is 18.0 Å². The van der Waals surface area contributed by atoms with Gasteiger partial charge in [-0.05, 0) is 66.8 Å². The molecule has 0 spiro atoms. The van der Waals surface area contributed by atoms with Crippen LogP contribution in [0.1, 0.15) is 60.2 Å². The summed E-state index contributed by atoms with van der Waals surface area (Å²) in [4.78, 5) is 39.6. The summed E-state index contributed by atoms with van der Waals surface area (Å²) in [7, 11) is 0. The average molecular weight is 595 g/mol. The molecule has 1 heterocycles. The molecule has 10 heteroatoms. The van der Waals surface area contributed by atoms with Crippen LogP contribution in [0.15, 0.2) is 84.9 Å². The van der Waals surface area contributed by atoms with Gasteiger partial charge in [0.2, 0.25) is 5.91 Å². The molecular weight excluding hydrogens is 561 g/mol. The van der Waals surface area contributed by atoms with Crippen LogP contribution in [-0.2, 0) is 22.3 Å². The van der Waals surface area contributed by atoms with Crippen molar-refractivity contribution in [1.29, 1.82) is 0 Å². The third-order valence-electron chi connectivity index (χ3n) is 7.52. The van der Waals surface area contributed by atoms with Gasteiger partial charge in [-0.2, -0.15) is 13.2 Å². The van der Waals surface area contributed by atoms with Gasteiger partial charge in [0.05, 0.1) is 11.1 Å². The highest BCUT2D eigenvalue weighted by molar-refractivity contribution is 6.03. The Morgan fingerprint density at radius 3 is 2.21 bits per heavy atom. The van der Waals surface area contributed by atoms with Gasteiger partial charge in [-0.3, -0.25) is 4.79 Å². The zero-order valence-electron chi connectivity index (χ0n) is 23.9. The van der Waals surface area contributed by atoms with Gasteiger partial charge in [-0.25, -0.2) is 14.5 Å². The monoisotopic (exact) mass is 594 g/mol. The number of carbonyl (C=O) groups excluding carboxylic acids is 3. The van der Waals surface area contributed by atoms with Gasteiger partial charge in [-0.1, -0.05) is 68.5 Å². The molecule has 1 fully saturated rings. The second kappa shape index (κ2) is 13.6. The van der Waals surface area contributed by atoms with Crippen LogP contribution in [0.25, 0.3) is 6.08 Å². The first-order valence-corrected chi connectivity index (χ1v) is 14.0. The Labute approximate surface area is 248 Å². The van der Waals surface area contributed by atoms with Crippen LogP contribution in [-0.4, -0.2) is 35.6 Å². The van der Waals surface area contributed by atoms with Gasteiger partial charge < -0.3 is 14.8 Å². The molecule has 1 N–H and O–H groups in total. The SMILES string of the molecule is CCC1(CC)C(=O)N(C(=O)NCCC=Cc2ccc(C(F)(F)F)cc2)C1Oc1ccc(C(=O)OCc2ccccc2)cc1. The lowest BCUT2D eigenvalue weighted by molar-refractivity contribution is -0.190. The number of nitrogens with one attached hydrogen (secondary N) is 1. The fourth-order valence-corrected chi connectivity index (χ4v) is 4.85. The maximum Gasteiger partial charge on any atom is 0.416 e. The van der Waals surface area contributed by atoms with Crippen LogP contribution in [0.2, 0.25) is 0 Å². The summed E-state index contributed by atoms with van der Waals surface area (Å²) < 4.78 is 49.7. The number of rotatable bonds is 11. The summed E-state index contributed by atoms with van der Waals surface area (Å²) in [6, 6.07) is 19.8. The van der Waals surface area contributed by atoms with Gasteiger partial charge in [0.25, 0.3) is 0 Å². The van der Waals surface area contributed by atoms with Crippen molar-refractivity contribution in [3.8, 4) is 5.75 Å². The molecule has 0 aromatic heterocycles. The fourth-order valence-electron chi connectivity index (χ4n) is 4.85. The Balaban J connectivity index is 1.33. The molecular formula is C33H33F3N2O5. The van der Waals surface area contributed by atoms with Gasteiger partial charge in [0.15, 0.2) is 6.23 Å². The van der Waals surface area contributed by atoms with Gasteiger partial charge in [-0.15, -0.1) is 0 Å². The second-order valence-corrected chi connectivity index (χ2v) is 10.1. The number of likely N-dealkylation sites (tertiary alicyclic amines) is 1. The van der Waals surface area contributed by atoms with Crippen molar-refractivity contribution in [2.75, 3.05) is 6.54 Å². The minimum Gasteiger partial charge on any atom is -0.469 e. The lowest BCUT2D eigenvalue weighted by Gasteiger charge is -2.53. The van der Waals surface area contributed by atoms with E-state index in [2.05, 4.69) is 5.32 Å². The summed E-state index contributed by atoms with van der Waals surface area (Å²) in [6.45, 7) is 4.08. The molecule has 1 unspecified atom stereocenters. The molecule has 1 atom stereocenters. The lowest BCUT2D eigenvalue weighted by Crippen LogP contribution is -2.73. The van der Waals surface area contributed by atoms with Crippen LogP contribution in [0.3, 0.4) is 0 Å². The van der Waals surface area contributed by atoms with Crippen LogP contribution >= 0.6 is 0 Å². The smallest absolute Gasteiger partial charge is 0.416 e. The zero-order chi connectivity index (χ0) is 31.0. The third-order valence-corrected chi connectivity index (χ3v) is 7.52. The number of esters is 1. The highest BCUT2D eigenvalue weighted by Gasteiger charge is 2.62. The standard InChI is InChI=1S/C33H33F3N2O5/c1-3-32(4-2)29(40)38(31(41)37-21-9-8-10-23-13-17-26(18-14-23)33(34,35)36)30(32)43-27-19-15-25(16-20-27)28(39)42-22-24-11-6-5-7-12-24/h5-8,10-20,30H,3-4,9,21-22H2,1-2H3,(H,37,41). The summed E-state index contributed by atoms with van der Waals surface area (Å²) in [6.07, 6.45) is -0.511. The molecule has 226 valence electrons. The van der Waals surface area contributed by atoms with E-state index in [-0.39, 0.29) is 19.1 Å². The first-order valence-electron chi connectivity index (χ1n) is 14.0. The van der Waals surface area contributed by atoms with Crippen molar-refractivity contribution in [1.82, 2.24) is 10.2 Å². The summed E-state index contributed by atoms with van der Waals surface area (Å²) in [5.41, 5.74) is 0.212. The second-order valence-electron chi connectivity index (χ2n) is 10.1. The van der Waals surface area contributed by atoms with E-state index >= 15 is 0 Å². The highest BCUT2D eigenvalue weighted by Crippen LogP contribution is 2.46. The quantitative estimate of drug-likeness (QED) is 0.144. The molecule has 0 saturated carbocycles. The van der Waals surface area contributed by atoms with Gasteiger partial charge in [0, 0.05) is 6.54 Å². The number of β-lactam (4-membered cyclic amide) rings is 1. The number of nitrogens with zero attached hydrogens (tertiary/aromatic N) is 1. The number of benzene rings is 3. The number of carbonyl (C=O) groups is 3. The summed E-state index contributed by atoms with van der Waals surface area (Å²) in [5.74, 6) is -0.430. The predicted molar refractivity (Wildman–Crippen MR) is 155 cm³/mol. The fraction of sp³-hybridized carbons (Fsp3) is 0.303. The number of hydrogen-bond acceptors (Lipinski definition) is 5. The maximum absolute atomic E-state index is 13.1. The van der Waals surface area contributed by atoms with E-state index < -0.39 is 35.4 Å². The first-order chi connectivity index (χ1) is 20.6. The molecule has 1 saturated heterocycles. The van der Waals surface area contributed by atoms with Gasteiger partial charge in [0.1, 0.15) is 17.8 Å². The van der Waals surface area contributed by atoms with Crippen molar-refractivity contribution in [2.24, 2.45) is 5.41 Å². The van der Waals surface area contributed by atoms with E-state index in [9.17, 15) is 27.6 Å². The van der Waals surface area contributed by atoms with E-state index in [1.54, 1.807) is 36.4 Å². The van der Waals surface area contributed by atoms with Crippen molar-refractivity contribution in [3.63, 3.8) is 0 Å². The highest BCUT2D eigenvalue weighted by atomic mass is 19.4. The number of urea groups is 1. The number of halogens is 3. The Kier molecular flexibility index (Phi) is 9.90. The molecule has 3 aromatic carbocycles. The minimum absolute atomic E-state index is 0.145. The average Bonchev–Trinajstić information content (AvgIpc) is 3.01. The van der Waals surface area contributed by atoms with Crippen LogP contribution in [0.5, 0.6) is 5.75 Å². The Hall–Kier alpha value is -4.60. The molecule has 3 aromatic rings. The molecule has 1 aliphatic heterocycles. The molecule has 3 amide bonds. The normalized spacial score (nSPS) is 16.1. The van der Waals surface area contributed by atoms with E-state index in [0.29, 0.717) is 36.1 Å². The van der Waals surface area contributed by atoms with Gasteiger partial charge >= 0.3 is 18.2 Å². The maximum atomic E-state index is 13.1. The van der Waals surface area contributed by atoms with Crippen LogP contribution in [0, 0.1) is 5.41 Å². The molecule has 7 nitrogen and oxygen atoms in total. The Morgan fingerprint density at radius 2 is 1.60 bits per heavy atom. The molecule has 1 aliphatic rings. The minimum atomic E-state index is -4.39. The number of alkyl halides is 3. The van der Waals surface area contributed by atoms with Crippen molar-refractivity contribution < 1.29 is 37.0 Å². The largest absolute Gasteiger partial charge is 0.469 e. The Bertz CT molecular complexity index is 1430. The molecule has 4 rings (SSSR count). The zero-order valence-corrected chi connectivity index (χ0v) is 23.9. The number of ether oxygens (including phenoxy) is 2. The Morgan fingerprint density at radius 1 is 0.953 bits per heavy atom. The topological polar surface area (TPSA) is 84.9 Å². The lowest BCUT2D eigenvalue weighted by atomic mass is 9.72. The number of amides is 3. The van der Waals surface area contributed by atoms with E-state index in [4.69, 9.17) is 9.47 Å². The van der Waals surface area contributed by atoms with Crippen molar-refractivity contribution in [3.05, 3.63) is 107 Å². The van der Waals surface area contributed by atoms with Crippen LogP contribution < -0.4 is 10.1 Å². The molecule has 0 radical (unpaired) electrons.